The highest BCUT2D eigenvalue weighted by Crippen LogP contribution is 2.21. The number of carbonyl (C=O) groups excluding carboxylic acids is 1. The average Bonchev–Trinajstić information content (AvgIpc) is 3.19. The van der Waals surface area contributed by atoms with Gasteiger partial charge in [-0.1, -0.05) is 23.4 Å². The maximum Gasteiger partial charge on any atom is 0.269 e. The fraction of sp³-hybridized carbons (Fsp3) is 0.167. The molecule has 11 heteroatoms. The van der Waals surface area contributed by atoms with E-state index in [-0.39, 0.29) is 24.0 Å². The highest BCUT2D eigenvalue weighted by Gasteiger charge is 2.15. The lowest BCUT2D eigenvalue weighted by Crippen LogP contribution is -2.27. The number of halogens is 1. The molecule has 0 saturated heterocycles. The topological polar surface area (TPSA) is 114 Å². The summed E-state index contributed by atoms with van der Waals surface area (Å²) in [5, 5.41) is 18.6. The second-order valence-corrected chi connectivity index (χ2v) is 7.20. The number of nitro benzene ring substituents is 1. The number of nitro groups is 1. The number of nitrogens with zero attached hydrogens (tertiary/aromatic N) is 4. The van der Waals surface area contributed by atoms with E-state index in [2.05, 4.69) is 15.2 Å². The van der Waals surface area contributed by atoms with E-state index in [1.807, 2.05) is 0 Å². The summed E-state index contributed by atoms with van der Waals surface area (Å²) in [6.45, 7) is 0.200. The summed E-state index contributed by atoms with van der Waals surface area (Å²) >= 11 is 7.01. The fourth-order valence-electron chi connectivity index (χ4n) is 2.25. The van der Waals surface area contributed by atoms with Gasteiger partial charge in [-0.2, -0.15) is 0 Å². The van der Waals surface area contributed by atoms with E-state index in [4.69, 9.17) is 16.3 Å². The second-order valence-electron chi connectivity index (χ2n) is 5.82. The first kappa shape index (κ1) is 20.6. The molecule has 0 saturated carbocycles. The van der Waals surface area contributed by atoms with Gasteiger partial charge in [0.1, 0.15) is 12.4 Å². The predicted octanol–water partition coefficient (Wildman–Crippen LogP) is 3.70. The second kappa shape index (κ2) is 9.39. The van der Waals surface area contributed by atoms with E-state index in [1.165, 1.54) is 40.9 Å². The van der Waals surface area contributed by atoms with Crippen molar-refractivity contribution in [1.82, 2.24) is 15.2 Å². The molecule has 3 rings (SSSR count). The third-order valence-electron chi connectivity index (χ3n) is 3.85. The summed E-state index contributed by atoms with van der Waals surface area (Å²) in [5.41, 5.74) is 0.534. The molecular formula is C18H16ClN5O4S. The molecule has 0 atom stereocenters. The Labute approximate surface area is 175 Å². The molecule has 3 aromatic rings. The summed E-state index contributed by atoms with van der Waals surface area (Å²) in [5.74, 6) is 1.11. The molecule has 9 nitrogen and oxygen atoms in total. The zero-order valence-corrected chi connectivity index (χ0v) is 16.8. The Morgan fingerprint density at radius 3 is 2.59 bits per heavy atom. The molecule has 2 aromatic carbocycles. The quantitative estimate of drug-likeness (QED) is 0.327. The number of rotatable bonds is 8. The normalized spacial score (nSPS) is 10.6. The molecule has 0 bridgehead atoms. The van der Waals surface area contributed by atoms with Crippen molar-refractivity contribution in [3.63, 3.8) is 0 Å². The summed E-state index contributed by atoms with van der Waals surface area (Å²) in [7, 11) is 1.60. The summed E-state index contributed by atoms with van der Waals surface area (Å²) in [6, 6.07) is 12.7. The number of aromatic amines is 1. The first-order chi connectivity index (χ1) is 13.9. The molecule has 1 amide bonds. The van der Waals surface area contributed by atoms with E-state index in [1.54, 1.807) is 31.3 Å². The van der Waals surface area contributed by atoms with Crippen molar-refractivity contribution in [1.29, 1.82) is 0 Å². The molecule has 0 fully saturated rings. The van der Waals surface area contributed by atoms with Crippen molar-refractivity contribution in [2.75, 3.05) is 17.7 Å². The lowest BCUT2D eigenvalue weighted by atomic mass is 10.2. The number of ether oxygens (including phenoxy) is 1. The van der Waals surface area contributed by atoms with Gasteiger partial charge in [0, 0.05) is 29.9 Å². The minimum Gasteiger partial charge on any atom is -0.486 e. The molecule has 1 N–H and O–H groups in total. The van der Waals surface area contributed by atoms with Crippen LogP contribution in [0, 0.1) is 10.1 Å². The van der Waals surface area contributed by atoms with Crippen LogP contribution in [0.25, 0.3) is 0 Å². The number of anilines is 1. The molecule has 1 heterocycles. The third kappa shape index (κ3) is 5.69. The smallest absolute Gasteiger partial charge is 0.269 e. The molecule has 0 aliphatic carbocycles. The number of carbonyl (C=O) groups is 1. The summed E-state index contributed by atoms with van der Waals surface area (Å²) in [4.78, 5) is 28.3. The first-order valence-corrected chi connectivity index (χ1v) is 9.72. The van der Waals surface area contributed by atoms with Crippen LogP contribution >= 0.6 is 23.4 Å². The summed E-state index contributed by atoms with van der Waals surface area (Å²) < 4.78 is 5.58. The standard InChI is InChI=1S/C18H16ClN5O4S/c1-23(13-4-6-14(7-5-13)24(26)27)17(25)11-29-18-20-16(21-22-18)10-28-15-8-2-12(19)3-9-15/h2-9H,10-11H2,1H3,(H,20,21,22). The maximum atomic E-state index is 12.4. The number of non-ortho nitro benzene ring substituents is 1. The van der Waals surface area contributed by atoms with E-state index in [0.29, 0.717) is 27.4 Å². The van der Waals surface area contributed by atoms with Crippen molar-refractivity contribution in [2.24, 2.45) is 0 Å². The van der Waals surface area contributed by atoms with Gasteiger partial charge in [0.2, 0.25) is 11.1 Å². The van der Waals surface area contributed by atoms with Crippen LogP contribution in [0.1, 0.15) is 5.82 Å². The molecular weight excluding hydrogens is 418 g/mol. The number of nitrogens with one attached hydrogen (secondary N) is 1. The molecule has 29 heavy (non-hydrogen) atoms. The maximum absolute atomic E-state index is 12.4. The number of hydrogen-bond donors (Lipinski definition) is 1. The monoisotopic (exact) mass is 433 g/mol. The van der Waals surface area contributed by atoms with Gasteiger partial charge >= 0.3 is 0 Å². The van der Waals surface area contributed by atoms with Crippen LogP contribution in [0.3, 0.4) is 0 Å². The number of H-pyrrole nitrogens is 1. The Bertz CT molecular complexity index is 994. The van der Waals surface area contributed by atoms with Gasteiger partial charge in [0.15, 0.2) is 5.82 Å². The minimum absolute atomic E-state index is 0.0296. The van der Waals surface area contributed by atoms with Crippen LogP contribution < -0.4 is 9.64 Å². The van der Waals surface area contributed by atoms with Crippen LogP contribution in [0.15, 0.2) is 53.7 Å². The van der Waals surface area contributed by atoms with Gasteiger partial charge < -0.3 is 9.64 Å². The number of amides is 1. The number of benzene rings is 2. The Morgan fingerprint density at radius 2 is 1.93 bits per heavy atom. The van der Waals surface area contributed by atoms with Crippen LogP contribution in [0.2, 0.25) is 5.02 Å². The molecule has 150 valence electrons. The van der Waals surface area contributed by atoms with Gasteiger partial charge in [-0.3, -0.25) is 20.0 Å². The Morgan fingerprint density at radius 1 is 1.24 bits per heavy atom. The lowest BCUT2D eigenvalue weighted by molar-refractivity contribution is -0.384. The minimum atomic E-state index is -0.487. The molecule has 0 aliphatic heterocycles. The van der Waals surface area contributed by atoms with Gasteiger partial charge in [-0.15, -0.1) is 5.10 Å². The van der Waals surface area contributed by atoms with Crippen molar-refractivity contribution < 1.29 is 14.5 Å². The molecule has 0 aliphatic rings. The lowest BCUT2D eigenvalue weighted by Gasteiger charge is -2.16. The zero-order chi connectivity index (χ0) is 20.8. The van der Waals surface area contributed by atoms with Crippen LogP contribution in [0.4, 0.5) is 11.4 Å². The van der Waals surface area contributed by atoms with E-state index >= 15 is 0 Å². The number of thioether (sulfide) groups is 1. The van der Waals surface area contributed by atoms with Crippen molar-refractivity contribution in [3.8, 4) is 5.75 Å². The van der Waals surface area contributed by atoms with Gasteiger partial charge in [0.05, 0.1) is 10.7 Å². The van der Waals surface area contributed by atoms with Crippen molar-refractivity contribution in [2.45, 2.75) is 11.8 Å². The molecule has 1 aromatic heterocycles. The highest BCUT2D eigenvalue weighted by atomic mass is 35.5. The van der Waals surface area contributed by atoms with E-state index in [0.717, 1.165) is 0 Å². The highest BCUT2D eigenvalue weighted by molar-refractivity contribution is 7.99. The molecule has 0 radical (unpaired) electrons. The van der Waals surface area contributed by atoms with Gasteiger partial charge in [-0.25, -0.2) is 4.98 Å². The predicted molar refractivity (Wildman–Crippen MR) is 109 cm³/mol. The van der Waals surface area contributed by atoms with E-state index < -0.39 is 4.92 Å². The number of aromatic nitrogens is 3. The average molecular weight is 434 g/mol. The number of hydrogen-bond acceptors (Lipinski definition) is 7. The largest absolute Gasteiger partial charge is 0.486 e. The third-order valence-corrected chi connectivity index (χ3v) is 4.93. The SMILES string of the molecule is CN(C(=O)CSc1n[nH]c(COc2ccc(Cl)cc2)n1)c1ccc([N+](=O)[O-])cc1. The van der Waals surface area contributed by atoms with Gasteiger partial charge in [-0.05, 0) is 36.4 Å². The van der Waals surface area contributed by atoms with Crippen molar-refractivity contribution in [3.05, 3.63) is 69.5 Å². The molecule has 0 spiro atoms. The Hall–Kier alpha value is -3.11. The van der Waals surface area contributed by atoms with Crippen LogP contribution in [-0.4, -0.2) is 38.8 Å². The zero-order valence-electron chi connectivity index (χ0n) is 15.2. The first-order valence-electron chi connectivity index (χ1n) is 8.36. The van der Waals surface area contributed by atoms with Crippen LogP contribution in [-0.2, 0) is 11.4 Å². The Balaban J connectivity index is 1.49. The van der Waals surface area contributed by atoms with Gasteiger partial charge in [0.25, 0.3) is 5.69 Å². The van der Waals surface area contributed by atoms with E-state index in [9.17, 15) is 14.9 Å². The van der Waals surface area contributed by atoms with Crippen molar-refractivity contribution >= 4 is 40.6 Å². The Kier molecular flexibility index (Phi) is 6.68. The molecule has 0 unspecified atom stereocenters. The fourth-order valence-corrected chi connectivity index (χ4v) is 3.11. The van der Waals surface area contributed by atoms with Crippen LogP contribution in [0.5, 0.6) is 5.75 Å². The summed E-state index contributed by atoms with van der Waals surface area (Å²) in [6.07, 6.45) is 0.